The maximum Gasteiger partial charge on any atom is 0.135 e. The Bertz CT molecular complexity index is 3280. The fourth-order valence-electron chi connectivity index (χ4n) is 9.57. The fourth-order valence-corrected chi connectivity index (χ4v) is 9.57. The Morgan fingerprint density at radius 1 is 0.317 bits per heavy atom. The zero-order chi connectivity index (χ0) is 40.0. The van der Waals surface area contributed by atoms with Gasteiger partial charge < -0.3 is 13.7 Å². The highest BCUT2D eigenvalue weighted by Gasteiger charge is 2.35. The van der Waals surface area contributed by atoms with Gasteiger partial charge in [0.05, 0.1) is 0 Å². The molecule has 3 nitrogen and oxygen atoms in total. The Morgan fingerprint density at radius 3 is 1.22 bits per heavy atom. The molecule has 2 heterocycles. The minimum absolute atomic E-state index is 0.0132. The average Bonchev–Trinajstić information content (AvgIpc) is 3.94. The van der Waals surface area contributed by atoms with Crippen molar-refractivity contribution in [1.82, 2.24) is 0 Å². The van der Waals surface area contributed by atoms with E-state index >= 15 is 0 Å². The summed E-state index contributed by atoms with van der Waals surface area (Å²) < 4.78 is 12.3. The Hall–Kier alpha value is -7.62. The van der Waals surface area contributed by atoms with Crippen LogP contribution >= 0.6 is 0 Å². The third kappa shape index (κ3) is 5.43. The van der Waals surface area contributed by atoms with Gasteiger partial charge in [-0.15, -0.1) is 0 Å². The summed E-state index contributed by atoms with van der Waals surface area (Å²) in [6, 6.07) is 72.1. The molecule has 0 saturated heterocycles. The minimum atomic E-state index is -0.0132. The number of hydrogen-bond donors (Lipinski definition) is 0. The van der Waals surface area contributed by atoms with Gasteiger partial charge in [-0.1, -0.05) is 135 Å². The molecule has 0 amide bonds. The summed E-state index contributed by atoms with van der Waals surface area (Å²) in [6.07, 6.45) is 0. The Morgan fingerprint density at radius 2 is 0.700 bits per heavy atom. The maximum atomic E-state index is 6.13. The summed E-state index contributed by atoms with van der Waals surface area (Å²) in [5.41, 5.74) is 19.3. The molecule has 0 aliphatic heterocycles. The Balaban J connectivity index is 0.918. The maximum absolute atomic E-state index is 6.13. The van der Waals surface area contributed by atoms with Crippen LogP contribution < -0.4 is 4.90 Å². The van der Waals surface area contributed by atoms with Gasteiger partial charge in [-0.3, -0.25) is 0 Å². The normalized spacial score (nSPS) is 13.0. The predicted octanol–water partition coefficient (Wildman–Crippen LogP) is 16.3. The first-order chi connectivity index (χ1) is 29.5. The molecule has 0 N–H and O–H groups in total. The average molecular weight is 770 g/mol. The predicted molar refractivity (Wildman–Crippen MR) is 250 cm³/mol. The number of benzene rings is 9. The summed E-state index contributed by atoms with van der Waals surface area (Å²) >= 11 is 0. The van der Waals surface area contributed by atoms with Gasteiger partial charge in [0, 0.05) is 44.0 Å². The van der Waals surface area contributed by atoms with Crippen LogP contribution in [0.25, 0.3) is 88.4 Å². The Labute approximate surface area is 348 Å². The summed E-state index contributed by atoms with van der Waals surface area (Å²) in [7, 11) is 0. The van der Waals surface area contributed by atoms with E-state index in [1.54, 1.807) is 0 Å². The molecule has 60 heavy (non-hydrogen) atoms. The van der Waals surface area contributed by atoms with Gasteiger partial charge in [0.15, 0.2) is 0 Å². The van der Waals surface area contributed by atoms with Crippen molar-refractivity contribution in [3.8, 4) is 44.5 Å². The number of para-hydroxylation sites is 2. The van der Waals surface area contributed by atoms with Crippen molar-refractivity contribution in [1.29, 1.82) is 0 Å². The zero-order valence-electron chi connectivity index (χ0n) is 33.3. The number of hydrogen-bond acceptors (Lipinski definition) is 3. The standard InChI is InChI=1S/C57H39NO2/c1-57(2)51-12-6-3-9-45(51)48-33-39(21-30-52(48)57)36-15-24-42(25-16-36)58(43-26-17-37(18-27-43)40-22-31-55-49(34-40)46-10-4-7-13-53(46)59-55)44-28-19-38(20-29-44)41-23-32-56-50(35-41)47-11-5-8-14-54(47)60-56/h3-35H,1-2H3. The molecule has 1 aliphatic carbocycles. The highest BCUT2D eigenvalue weighted by molar-refractivity contribution is 6.07. The molecule has 2 aromatic heterocycles. The van der Waals surface area contributed by atoms with E-state index in [2.05, 4.69) is 195 Å². The van der Waals surface area contributed by atoms with E-state index in [1.165, 1.54) is 33.4 Å². The molecule has 0 bridgehead atoms. The highest BCUT2D eigenvalue weighted by Crippen LogP contribution is 2.50. The summed E-state index contributed by atoms with van der Waals surface area (Å²) in [5, 5.41) is 4.53. The molecule has 3 heteroatoms. The second-order valence-electron chi connectivity index (χ2n) is 16.5. The highest BCUT2D eigenvalue weighted by atomic mass is 16.3. The van der Waals surface area contributed by atoms with Crippen LogP contribution in [0.4, 0.5) is 17.1 Å². The number of fused-ring (bicyclic) bond motifs is 9. The summed E-state index contributed by atoms with van der Waals surface area (Å²) in [4.78, 5) is 2.35. The van der Waals surface area contributed by atoms with E-state index in [4.69, 9.17) is 8.83 Å². The van der Waals surface area contributed by atoms with Gasteiger partial charge in [-0.25, -0.2) is 0 Å². The van der Waals surface area contributed by atoms with Gasteiger partial charge in [-0.2, -0.15) is 0 Å². The molecule has 0 spiro atoms. The lowest BCUT2D eigenvalue weighted by molar-refractivity contribution is 0.660. The van der Waals surface area contributed by atoms with Gasteiger partial charge in [0.2, 0.25) is 0 Å². The van der Waals surface area contributed by atoms with E-state index < -0.39 is 0 Å². The number of nitrogens with zero attached hydrogens (tertiary/aromatic N) is 1. The van der Waals surface area contributed by atoms with E-state index in [0.717, 1.165) is 83.2 Å². The van der Waals surface area contributed by atoms with Gasteiger partial charge in [-0.05, 0) is 134 Å². The molecule has 0 saturated carbocycles. The van der Waals surface area contributed by atoms with Crippen LogP contribution in [0.5, 0.6) is 0 Å². The van der Waals surface area contributed by atoms with E-state index in [9.17, 15) is 0 Å². The van der Waals surface area contributed by atoms with Crippen LogP contribution in [0, 0.1) is 0 Å². The van der Waals surface area contributed by atoms with Crippen molar-refractivity contribution in [3.63, 3.8) is 0 Å². The van der Waals surface area contributed by atoms with Crippen LogP contribution in [0.15, 0.2) is 209 Å². The lowest BCUT2D eigenvalue weighted by Gasteiger charge is -2.26. The number of furan rings is 2. The first kappa shape index (κ1) is 34.4. The number of anilines is 3. The van der Waals surface area contributed by atoms with E-state index in [-0.39, 0.29) is 5.41 Å². The quantitative estimate of drug-likeness (QED) is 0.169. The van der Waals surface area contributed by atoms with Crippen molar-refractivity contribution in [3.05, 3.63) is 211 Å². The Kier molecular flexibility index (Phi) is 7.58. The van der Waals surface area contributed by atoms with Crippen LogP contribution in [-0.2, 0) is 5.41 Å². The van der Waals surface area contributed by atoms with Crippen LogP contribution in [-0.4, -0.2) is 0 Å². The second kappa shape index (κ2) is 13.2. The van der Waals surface area contributed by atoms with Crippen molar-refractivity contribution in [2.75, 3.05) is 4.90 Å². The van der Waals surface area contributed by atoms with Crippen LogP contribution in [0.3, 0.4) is 0 Å². The fraction of sp³-hybridized carbons (Fsp3) is 0.0526. The molecule has 12 rings (SSSR count). The van der Waals surface area contributed by atoms with Crippen LogP contribution in [0.1, 0.15) is 25.0 Å². The summed E-state index contributed by atoms with van der Waals surface area (Å²) in [6.45, 7) is 4.67. The van der Waals surface area contributed by atoms with E-state index in [0.29, 0.717) is 0 Å². The molecule has 0 fully saturated rings. The monoisotopic (exact) mass is 769 g/mol. The molecular formula is C57H39NO2. The number of rotatable bonds is 6. The van der Waals surface area contributed by atoms with Crippen molar-refractivity contribution < 1.29 is 8.83 Å². The SMILES string of the molecule is CC1(C)c2ccccc2-c2cc(-c3ccc(N(c4ccc(-c5ccc6oc7ccccc7c6c5)cc4)c4ccc(-c5ccc6oc7ccccc7c6c5)cc4)cc3)ccc21. The van der Waals surface area contributed by atoms with Crippen molar-refractivity contribution in [2.24, 2.45) is 0 Å². The minimum Gasteiger partial charge on any atom is -0.456 e. The van der Waals surface area contributed by atoms with Crippen LogP contribution in [0.2, 0.25) is 0 Å². The molecule has 11 aromatic rings. The largest absolute Gasteiger partial charge is 0.456 e. The lowest BCUT2D eigenvalue weighted by Crippen LogP contribution is -2.14. The molecule has 9 aromatic carbocycles. The smallest absolute Gasteiger partial charge is 0.135 e. The van der Waals surface area contributed by atoms with Gasteiger partial charge >= 0.3 is 0 Å². The van der Waals surface area contributed by atoms with Gasteiger partial charge in [0.25, 0.3) is 0 Å². The molecule has 284 valence electrons. The van der Waals surface area contributed by atoms with Crippen molar-refractivity contribution >= 4 is 60.9 Å². The first-order valence-electron chi connectivity index (χ1n) is 20.6. The van der Waals surface area contributed by atoms with Gasteiger partial charge in [0.1, 0.15) is 22.3 Å². The second-order valence-corrected chi connectivity index (χ2v) is 16.5. The first-order valence-corrected chi connectivity index (χ1v) is 20.6. The summed E-state index contributed by atoms with van der Waals surface area (Å²) in [5.74, 6) is 0. The molecule has 0 atom stereocenters. The molecule has 0 radical (unpaired) electrons. The molecular weight excluding hydrogens is 731 g/mol. The third-order valence-corrected chi connectivity index (χ3v) is 12.7. The van der Waals surface area contributed by atoms with E-state index in [1.807, 2.05) is 24.3 Å². The zero-order valence-corrected chi connectivity index (χ0v) is 33.3. The topological polar surface area (TPSA) is 29.5 Å². The third-order valence-electron chi connectivity index (χ3n) is 12.7. The lowest BCUT2D eigenvalue weighted by atomic mass is 9.82. The molecule has 0 unspecified atom stereocenters. The van der Waals surface area contributed by atoms with Crippen molar-refractivity contribution in [2.45, 2.75) is 19.3 Å². The molecule has 1 aliphatic rings.